The van der Waals surface area contributed by atoms with Gasteiger partial charge in [-0.1, -0.05) is 6.92 Å². The van der Waals surface area contributed by atoms with Crippen molar-refractivity contribution in [2.24, 2.45) is 16.8 Å². The Morgan fingerprint density at radius 1 is 1.21 bits per heavy atom. The summed E-state index contributed by atoms with van der Waals surface area (Å²) in [5.74, 6) is 2.43. The Hall–Kier alpha value is -1.32. The van der Waals surface area contributed by atoms with Gasteiger partial charge >= 0.3 is 0 Å². The third-order valence-corrected chi connectivity index (χ3v) is 6.02. The van der Waals surface area contributed by atoms with Crippen molar-refractivity contribution in [3.05, 3.63) is 18.7 Å². The molecule has 7 nitrogen and oxygen atoms in total. The van der Waals surface area contributed by atoms with Crippen LogP contribution in [0.4, 0.5) is 0 Å². The molecule has 2 unspecified atom stereocenters. The number of likely N-dealkylation sites (tertiary alicyclic amines) is 2. The second-order valence-corrected chi connectivity index (χ2v) is 7.93. The summed E-state index contributed by atoms with van der Waals surface area (Å²) in [5.41, 5.74) is 0. The second-order valence-electron chi connectivity index (χ2n) is 7.93. The first-order valence-electron chi connectivity index (χ1n) is 10.3. The monoisotopic (exact) mass is 502 g/mol. The number of aromatic nitrogens is 2. The van der Waals surface area contributed by atoms with Crippen LogP contribution in [0.2, 0.25) is 0 Å². The molecule has 1 amide bonds. The summed E-state index contributed by atoms with van der Waals surface area (Å²) in [4.78, 5) is 25.0. The SMILES string of the molecule is CCNC(=NCC1CCN(C(C)=O)CC1)N1CCC(C)C(n2ccnc2)C1.I. The number of rotatable bonds is 4. The van der Waals surface area contributed by atoms with Crippen molar-refractivity contribution in [2.75, 3.05) is 39.3 Å². The molecule has 0 radical (unpaired) electrons. The van der Waals surface area contributed by atoms with Gasteiger partial charge in [-0.15, -0.1) is 24.0 Å². The molecule has 0 aliphatic carbocycles. The first-order valence-corrected chi connectivity index (χ1v) is 10.3. The fourth-order valence-corrected chi connectivity index (χ4v) is 4.17. The van der Waals surface area contributed by atoms with Crippen molar-refractivity contribution in [2.45, 2.75) is 46.1 Å². The third kappa shape index (κ3) is 5.84. The van der Waals surface area contributed by atoms with Gasteiger partial charge < -0.3 is 19.7 Å². The van der Waals surface area contributed by atoms with Crippen molar-refractivity contribution < 1.29 is 4.79 Å². The third-order valence-electron chi connectivity index (χ3n) is 6.02. The number of nitrogens with one attached hydrogen (secondary N) is 1. The van der Waals surface area contributed by atoms with Crippen LogP contribution in [0.1, 0.15) is 46.1 Å². The summed E-state index contributed by atoms with van der Waals surface area (Å²) in [6.45, 7) is 11.6. The molecule has 2 atom stereocenters. The molecule has 1 aromatic rings. The zero-order valence-electron chi connectivity index (χ0n) is 17.4. The van der Waals surface area contributed by atoms with Gasteiger partial charge in [-0.2, -0.15) is 0 Å². The number of piperidine rings is 2. The highest BCUT2D eigenvalue weighted by molar-refractivity contribution is 14.0. The molecule has 28 heavy (non-hydrogen) atoms. The van der Waals surface area contributed by atoms with E-state index in [0.29, 0.717) is 17.9 Å². The Balaban J connectivity index is 0.00000280. The van der Waals surface area contributed by atoms with Crippen molar-refractivity contribution in [3.8, 4) is 0 Å². The first-order chi connectivity index (χ1) is 13.1. The van der Waals surface area contributed by atoms with Crippen molar-refractivity contribution in [1.82, 2.24) is 24.7 Å². The quantitative estimate of drug-likeness (QED) is 0.391. The molecule has 0 saturated carbocycles. The second kappa shape index (κ2) is 11.0. The average molecular weight is 502 g/mol. The lowest BCUT2D eigenvalue weighted by Gasteiger charge is -2.39. The van der Waals surface area contributed by atoms with E-state index in [0.717, 1.165) is 64.5 Å². The minimum atomic E-state index is 0. The van der Waals surface area contributed by atoms with Crippen LogP contribution in [-0.4, -0.2) is 70.5 Å². The highest BCUT2D eigenvalue weighted by Gasteiger charge is 2.29. The number of nitrogens with zero attached hydrogens (tertiary/aromatic N) is 5. The maximum atomic E-state index is 11.5. The van der Waals surface area contributed by atoms with Crippen LogP contribution < -0.4 is 5.32 Å². The Kier molecular flexibility index (Phi) is 9.04. The number of aliphatic imine (C=N–C) groups is 1. The van der Waals surface area contributed by atoms with Gasteiger partial charge in [0.25, 0.3) is 0 Å². The molecule has 0 spiro atoms. The molecule has 1 N–H and O–H groups in total. The summed E-state index contributed by atoms with van der Waals surface area (Å²) >= 11 is 0. The normalized spacial score (nSPS) is 24.0. The van der Waals surface area contributed by atoms with E-state index in [-0.39, 0.29) is 29.9 Å². The lowest BCUT2D eigenvalue weighted by molar-refractivity contribution is -0.130. The first kappa shape index (κ1) is 23.0. The van der Waals surface area contributed by atoms with E-state index in [9.17, 15) is 4.79 Å². The molecule has 2 aliphatic heterocycles. The lowest BCUT2D eigenvalue weighted by Crippen LogP contribution is -2.49. The Bertz CT molecular complexity index is 627. The summed E-state index contributed by atoms with van der Waals surface area (Å²) in [6, 6.07) is 0.434. The molecule has 3 heterocycles. The molecular weight excluding hydrogens is 467 g/mol. The predicted molar refractivity (Wildman–Crippen MR) is 123 cm³/mol. The Labute approximate surface area is 186 Å². The number of amides is 1. The number of halogens is 1. The lowest BCUT2D eigenvalue weighted by atomic mass is 9.93. The molecule has 158 valence electrons. The minimum Gasteiger partial charge on any atom is -0.357 e. The van der Waals surface area contributed by atoms with E-state index in [4.69, 9.17) is 4.99 Å². The van der Waals surface area contributed by atoms with E-state index >= 15 is 0 Å². The van der Waals surface area contributed by atoms with Crippen molar-refractivity contribution in [3.63, 3.8) is 0 Å². The summed E-state index contributed by atoms with van der Waals surface area (Å²) in [5, 5.41) is 3.49. The van der Waals surface area contributed by atoms with E-state index in [2.05, 4.69) is 39.8 Å². The highest BCUT2D eigenvalue weighted by Crippen LogP contribution is 2.27. The average Bonchev–Trinajstić information content (AvgIpc) is 3.20. The summed E-state index contributed by atoms with van der Waals surface area (Å²) in [6.07, 6.45) is 9.12. The van der Waals surface area contributed by atoms with Gasteiger partial charge in [-0.3, -0.25) is 9.79 Å². The van der Waals surface area contributed by atoms with Gasteiger partial charge in [0.15, 0.2) is 5.96 Å². The number of hydrogen-bond donors (Lipinski definition) is 1. The van der Waals surface area contributed by atoms with Crippen LogP contribution in [0, 0.1) is 11.8 Å². The largest absolute Gasteiger partial charge is 0.357 e. The van der Waals surface area contributed by atoms with Gasteiger partial charge in [-0.25, -0.2) is 4.98 Å². The smallest absolute Gasteiger partial charge is 0.219 e. The van der Waals surface area contributed by atoms with Gasteiger partial charge in [0, 0.05) is 58.6 Å². The van der Waals surface area contributed by atoms with Crippen molar-refractivity contribution in [1.29, 1.82) is 0 Å². The molecular formula is C20H35IN6O. The molecule has 2 saturated heterocycles. The molecule has 0 aromatic carbocycles. The van der Waals surface area contributed by atoms with E-state index < -0.39 is 0 Å². The maximum Gasteiger partial charge on any atom is 0.219 e. The zero-order chi connectivity index (χ0) is 19.2. The Morgan fingerprint density at radius 3 is 2.54 bits per heavy atom. The number of guanidine groups is 1. The minimum absolute atomic E-state index is 0. The fourth-order valence-electron chi connectivity index (χ4n) is 4.17. The van der Waals surface area contributed by atoms with Crippen LogP contribution in [0.15, 0.2) is 23.7 Å². The van der Waals surface area contributed by atoms with Gasteiger partial charge in [0.05, 0.1) is 12.4 Å². The summed E-state index contributed by atoms with van der Waals surface area (Å²) in [7, 11) is 0. The van der Waals surface area contributed by atoms with E-state index in [1.54, 1.807) is 6.92 Å². The van der Waals surface area contributed by atoms with Crippen LogP contribution in [0.5, 0.6) is 0 Å². The topological polar surface area (TPSA) is 65.8 Å². The van der Waals surface area contributed by atoms with Crippen molar-refractivity contribution >= 4 is 35.8 Å². The van der Waals surface area contributed by atoms with Gasteiger partial charge in [-0.05, 0) is 38.0 Å². The zero-order valence-corrected chi connectivity index (χ0v) is 19.7. The molecule has 8 heteroatoms. The van der Waals surface area contributed by atoms with E-state index in [1.807, 2.05) is 17.4 Å². The number of carbonyl (C=O) groups excluding carboxylic acids is 1. The Morgan fingerprint density at radius 2 is 1.93 bits per heavy atom. The predicted octanol–water partition coefficient (Wildman–Crippen LogP) is 2.61. The molecule has 1 aromatic heterocycles. The van der Waals surface area contributed by atoms with Gasteiger partial charge in [0.1, 0.15) is 0 Å². The van der Waals surface area contributed by atoms with Crippen LogP contribution in [0.3, 0.4) is 0 Å². The van der Waals surface area contributed by atoms with Crippen LogP contribution in [-0.2, 0) is 4.79 Å². The molecule has 2 aliphatic rings. The standard InChI is InChI=1S/C20H34N6O.HI/c1-4-22-20(23-13-18-6-10-24(11-7-18)17(3)27)25-9-5-16(2)19(14-25)26-12-8-21-15-26;/h8,12,15-16,18-19H,4-7,9-11,13-14H2,1-3H3,(H,22,23);1H. The van der Waals surface area contributed by atoms with Crippen LogP contribution in [0.25, 0.3) is 0 Å². The number of carbonyl (C=O) groups is 1. The fraction of sp³-hybridized carbons (Fsp3) is 0.750. The van der Waals surface area contributed by atoms with Gasteiger partial charge in [0.2, 0.25) is 5.91 Å². The molecule has 3 rings (SSSR count). The van der Waals surface area contributed by atoms with E-state index in [1.165, 1.54) is 0 Å². The summed E-state index contributed by atoms with van der Waals surface area (Å²) < 4.78 is 2.23. The number of imidazole rings is 1. The molecule has 2 fully saturated rings. The highest BCUT2D eigenvalue weighted by atomic mass is 127. The number of hydrogen-bond acceptors (Lipinski definition) is 3. The van der Waals surface area contributed by atoms with Crippen LogP contribution >= 0.6 is 24.0 Å². The maximum absolute atomic E-state index is 11.5. The molecule has 0 bridgehead atoms.